The van der Waals surface area contributed by atoms with Gasteiger partial charge in [-0.05, 0) is 40.2 Å². The minimum atomic E-state index is -0.976. The molecule has 0 heterocycles. The average Bonchev–Trinajstić information content (AvgIpc) is 2.32. The molecule has 0 unspecified atom stereocenters. The third-order valence-electron chi connectivity index (χ3n) is 2.39. The topological polar surface area (TPSA) is 17.1 Å². The molecule has 0 spiro atoms. The molecule has 2 aromatic carbocycles. The van der Waals surface area contributed by atoms with Gasteiger partial charge in [0.05, 0.1) is 10.0 Å². The number of benzene rings is 2. The molecule has 0 amide bonds. The van der Waals surface area contributed by atoms with E-state index in [2.05, 4.69) is 15.9 Å². The van der Waals surface area contributed by atoms with E-state index in [1.54, 1.807) is 0 Å². The zero-order valence-electron chi connectivity index (χ0n) is 8.88. The first-order valence-corrected chi connectivity index (χ1v) is 5.74. The summed E-state index contributed by atoms with van der Waals surface area (Å²) in [6.07, 6.45) is 0. The van der Waals surface area contributed by atoms with Gasteiger partial charge in [-0.1, -0.05) is 12.1 Å². The average molecular weight is 315 g/mol. The van der Waals surface area contributed by atoms with Crippen LogP contribution < -0.4 is 0 Å². The van der Waals surface area contributed by atoms with E-state index in [1.807, 2.05) is 0 Å². The normalized spacial score (nSPS) is 10.4. The van der Waals surface area contributed by atoms with E-state index < -0.39 is 28.8 Å². The van der Waals surface area contributed by atoms with E-state index in [-0.39, 0.29) is 10.0 Å². The highest BCUT2D eigenvalue weighted by Crippen LogP contribution is 2.25. The zero-order valence-corrected chi connectivity index (χ0v) is 10.5. The summed E-state index contributed by atoms with van der Waals surface area (Å²) in [5.41, 5.74) is -0.817. The lowest BCUT2D eigenvalue weighted by Crippen LogP contribution is -2.08. The van der Waals surface area contributed by atoms with Crippen LogP contribution in [0.4, 0.5) is 13.2 Å². The molecular formula is C13H6BrF3O. The van der Waals surface area contributed by atoms with Gasteiger partial charge in [-0.25, -0.2) is 13.2 Å². The van der Waals surface area contributed by atoms with Crippen LogP contribution in [0.25, 0.3) is 0 Å². The van der Waals surface area contributed by atoms with E-state index in [4.69, 9.17) is 0 Å². The summed E-state index contributed by atoms with van der Waals surface area (Å²) >= 11 is 2.89. The van der Waals surface area contributed by atoms with E-state index in [9.17, 15) is 18.0 Å². The van der Waals surface area contributed by atoms with Crippen molar-refractivity contribution < 1.29 is 18.0 Å². The Balaban J connectivity index is 2.59. The highest BCUT2D eigenvalue weighted by Gasteiger charge is 2.21. The van der Waals surface area contributed by atoms with Crippen molar-refractivity contribution >= 4 is 21.7 Å². The molecule has 1 nitrogen and oxygen atoms in total. The molecule has 0 aliphatic carbocycles. The molecule has 0 fully saturated rings. The van der Waals surface area contributed by atoms with Gasteiger partial charge in [0.15, 0.2) is 5.78 Å². The molecule has 2 aromatic rings. The molecule has 92 valence electrons. The number of halogens is 4. The zero-order chi connectivity index (χ0) is 13.3. The number of rotatable bonds is 2. The van der Waals surface area contributed by atoms with E-state index in [0.29, 0.717) is 0 Å². The van der Waals surface area contributed by atoms with Crippen LogP contribution in [0.3, 0.4) is 0 Å². The summed E-state index contributed by atoms with van der Waals surface area (Å²) in [6, 6.07) is 6.83. The highest BCUT2D eigenvalue weighted by atomic mass is 79.9. The van der Waals surface area contributed by atoms with Crippen LogP contribution in [0.1, 0.15) is 15.9 Å². The second-order valence-corrected chi connectivity index (χ2v) is 4.32. The van der Waals surface area contributed by atoms with Crippen molar-refractivity contribution in [3.8, 4) is 0 Å². The minimum absolute atomic E-state index is 0.113. The van der Waals surface area contributed by atoms with Crippen LogP contribution >= 0.6 is 15.9 Å². The van der Waals surface area contributed by atoms with Crippen LogP contribution in [0.15, 0.2) is 40.9 Å². The molecule has 0 aliphatic heterocycles. The van der Waals surface area contributed by atoms with E-state index in [1.165, 1.54) is 12.1 Å². The molecule has 2 rings (SSSR count). The number of hydrogen-bond donors (Lipinski definition) is 0. The first-order valence-electron chi connectivity index (χ1n) is 4.95. The first kappa shape index (κ1) is 12.8. The Bertz CT molecular complexity index is 605. The summed E-state index contributed by atoms with van der Waals surface area (Å²) in [6.45, 7) is 0. The van der Waals surface area contributed by atoms with Crippen molar-refractivity contribution in [1.82, 2.24) is 0 Å². The summed E-state index contributed by atoms with van der Waals surface area (Å²) in [4.78, 5) is 12.0. The predicted octanol–water partition coefficient (Wildman–Crippen LogP) is 4.10. The second kappa shape index (κ2) is 4.94. The molecule has 0 saturated heterocycles. The fourth-order valence-electron chi connectivity index (χ4n) is 1.53. The van der Waals surface area contributed by atoms with Gasteiger partial charge in [0.2, 0.25) is 0 Å². The Hall–Kier alpha value is -1.62. The summed E-state index contributed by atoms with van der Waals surface area (Å²) in [7, 11) is 0. The molecule has 0 bridgehead atoms. The van der Waals surface area contributed by atoms with Gasteiger partial charge in [-0.2, -0.15) is 0 Å². The fourth-order valence-corrected chi connectivity index (χ4v) is 1.97. The summed E-state index contributed by atoms with van der Waals surface area (Å²) in [5.74, 6) is -3.53. The van der Waals surface area contributed by atoms with Gasteiger partial charge in [-0.3, -0.25) is 4.79 Å². The minimum Gasteiger partial charge on any atom is -0.288 e. The molecule has 0 saturated carbocycles. The molecule has 0 atom stereocenters. The third-order valence-corrected chi connectivity index (χ3v) is 3.19. The van der Waals surface area contributed by atoms with E-state index >= 15 is 0 Å². The molecule has 18 heavy (non-hydrogen) atoms. The lowest BCUT2D eigenvalue weighted by atomic mass is 10.0. The Kier molecular flexibility index (Phi) is 3.52. The van der Waals surface area contributed by atoms with Crippen LogP contribution in [0, 0.1) is 17.5 Å². The molecule has 0 N–H and O–H groups in total. The summed E-state index contributed by atoms with van der Waals surface area (Å²) < 4.78 is 40.1. The van der Waals surface area contributed by atoms with Crippen molar-refractivity contribution in [2.75, 3.05) is 0 Å². The molecule has 0 radical (unpaired) electrons. The fraction of sp³-hybridized carbons (Fsp3) is 0. The van der Waals surface area contributed by atoms with Gasteiger partial charge in [-0.15, -0.1) is 0 Å². The van der Waals surface area contributed by atoms with Crippen LogP contribution in [0.5, 0.6) is 0 Å². The third kappa shape index (κ3) is 2.18. The number of hydrogen-bond acceptors (Lipinski definition) is 1. The first-order chi connectivity index (χ1) is 8.52. The van der Waals surface area contributed by atoms with Gasteiger partial charge in [0.25, 0.3) is 0 Å². The maximum absolute atomic E-state index is 13.4. The van der Waals surface area contributed by atoms with Gasteiger partial charge < -0.3 is 0 Å². The van der Waals surface area contributed by atoms with Crippen molar-refractivity contribution in [3.05, 3.63) is 69.4 Å². The van der Waals surface area contributed by atoms with Gasteiger partial charge >= 0.3 is 0 Å². The maximum Gasteiger partial charge on any atom is 0.200 e. The molecule has 0 aliphatic rings. The lowest BCUT2D eigenvalue weighted by molar-refractivity contribution is 0.103. The van der Waals surface area contributed by atoms with Gasteiger partial charge in [0.1, 0.15) is 17.5 Å². The Morgan fingerprint density at radius 2 is 1.39 bits per heavy atom. The van der Waals surface area contributed by atoms with Crippen molar-refractivity contribution in [2.24, 2.45) is 0 Å². The van der Waals surface area contributed by atoms with Gasteiger partial charge in [0, 0.05) is 5.56 Å². The maximum atomic E-state index is 13.4. The predicted molar refractivity (Wildman–Crippen MR) is 63.9 cm³/mol. The standard InChI is InChI=1S/C13H6BrF3O/c14-12-7(3-1-6-10(12)17)13(18)11-8(15)4-2-5-9(11)16/h1-6H. The van der Waals surface area contributed by atoms with Crippen LogP contribution in [-0.2, 0) is 0 Å². The Morgan fingerprint density at radius 3 is 2.00 bits per heavy atom. The second-order valence-electron chi connectivity index (χ2n) is 3.53. The molecular weight excluding hydrogens is 309 g/mol. The quantitative estimate of drug-likeness (QED) is 0.763. The van der Waals surface area contributed by atoms with Crippen LogP contribution in [0.2, 0.25) is 0 Å². The summed E-state index contributed by atoms with van der Waals surface area (Å²) in [5, 5.41) is 0. The molecule has 0 aromatic heterocycles. The lowest BCUT2D eigenvalue weighted by Gasteiger charge is -2.06. The number of carbonyl (C=O) groups is 1. The number of carbonyl (C=O) groups excluding carboxylic acids is 1. The van der Waals surface area contributed by atoms with Crippen LogP contribution in [-0.4, -0.2) is 5.78 Å². The van der Waals surface area contributed by atoms with Crippen molar-refractivity contribution in [2.45, 2.75) is 0 Å². The largest absolute Gasteiger partial charge is 0.288 e. The van der Waals surface area contributed by atoms with Crippen molar-refractivity contribution in [1.29, 1.82) is 0 Å². The number of ketones is 1. The SMILES string of the molecule is O=C(c1cccc(F)c1Br)c1c(F)cccc1F. The van der Waals surface area contributed by atoms with Crippen molar-refractivity contribution in [3.63, 3.8) is 0 Å². The monoisotopic (exact) mass is 314 g/mol. The smallest absolute Gasteiger partial charge is 0.200 e. The Labute approximate surface area is 109 Å². The Morgan fingerprint density at radius 1 is 0.889 bits per heavy atom. The molecule has 5 heteroatoms. The van der Waals surface area contributed by atoms with E-state index in [0.717, 1.165) is 24.3 Å². The highest BCUT2D eigenvalue weighted by molar-refractivity contribution is 9.10.